The van der Waals surface area contributed by atoms with Crippen LogP contribution in [-0.4, -0.2) is 16.9 Å². The standard InChI is InChI=1S/C16H23N3O.2ClH/c1-2-3-15(17)12-4-6-13(7-5-12)16(20)19-14-8-10-18-11-9-14;;/h2,8-13,15H,1,3-7,17H2,(H,18,19,20);2*1H/t12?,13?,15-;;/m0../s1. The molecule has 0 aliphatic heterocycles. The van der Waals surface area contributed by atoms with Crippen LogP contribution in [0.25, 0.3) is 0 Å². The van der Waals surface area contributed by atoms with Gasteiger partial charge in [-0.3, -0.25) is 9.78 Å². The van der Waals surface area contributed by atoms with Gasteiger partial charge in [-0.2, -0.15) is 0 Å². The second kappa shape index (κ2) is 10.6. The van der Waals surface area contributed by atoms with Crippen LogP contribution >= 0.6 is 24.8 Å². The molecule has 22 heavy (non-hydrogen) atoms. The number of anilines is 1. The Kier molecular flexibility index (Phi) is 10.1. The Morgan fingerprint density at radius 1 is 1.32 bits per heavy atom. The largest absolute Gasteiger partial charge is 0.327 e. The molecule has 0 radical (unpaired) electrons. The zero-order valence-corrected chi connectivity index (χ0v) is 14.2. The first-order valence-corrected chi connectivity index (χ1v) is 7.28. The van der Waals surface area contributed by atoms with Gasteiger partial charge in [-0.1, -0.05) is 6.08 Å². The molecule has 0 saturated heterocycles. The lowest BCUT2D eigenvalue weighted by Gasteiger charge is -2.31. The zero-order valence-electron chi connectivity index (χ0n) is 12.6. The predicted octanol–water partition coefficient (Wildman–Crippen LogP) is 3.57. The predicted molar refractivity (Wildman–Crippen MR) is 95.6 cm³/mol. The van der Waals surface area contributed by atoms with Crippen molar-refractivity contribution in [2.45, 2.75) is 38.1 Å². The Morgan fingerprint density at radius 2 is 1.91 bits per heavy atom. The Morgan fingerprint density at radius 3 is 2.45 bits per heavy atom. The molecule has 1 atom stereocenters. The fourth-order valence-electron chi connectivity index (χ4n) is 2.87. The molecule has 0 unspecified atom stereocenters. The van der Waals surface area contributed by atoms with Gasteiger partial charge in [0.05, 0.1) is 0 Å². The van der Waals surface area contributed by atoms with Crippen LogP contribution in [0.3, 0.4) is 0 Å². The first-order valence-electron chi connectivity index (χ1n) is 7.28. The van der Waals surface area contributed by atoms with Crippen LogP contribution in [0.2, 0.25) is 0 Å². The van der Waals surface area contributed by atoms with Crippen molar-refractivity contribution in [1.82, 2.24) is 4.98 Å². The average Bonchev–Trinajstić information content (AvgIpc) is 2.48. The summed E-state index contributed by atoms with van der Waals surface area (Å²) in [6.07, 6.45) is 10.0. The molecule has 0 aromatic carbocycles. The molecule has 1 amide bonds. The van der Waals surface area contributed by atoms with E-state index in [0.717, 1.165) is 37.8 Å². The Hall–Kier alpha value is -1.10. The summed E-state index contributed by atoms with van der Waals surface area (Å²) in [4.78, 5) is 16.1. The number of nitrogens with two attached hydrogens (primary N) is 1. The summed E-state index contributed by atoms with van der Waals surface area (Å²) >= 11 is 0. The molecule has 1 aromatic rings. The molecule has 6 heteroatoms. The maximum absolute atomic E-state index is 12.2. The van der Waals surface area contributed by atoms with Crippen molar-refractivity contribution < 1.29 is 4.79 Å². The van der Waals surface area contributed by atoms with Gasteiger partial charge >= 0.3 is 0 Å². The fraction of sp³-hybridized carbons (Fsp3) is 0.500. The second-order valence-electron chi connectivity index (χ2n) is 5.53. The first-order chi connectivity index (χ1) is 9.70. The third-order valence-electron chi connectivity index (χ3n) is 4.13. The molecule has 2 rings (SSSR count). The van der Waals surface area contributed by atoms with E-state index in [4.69, 9.17) is 5.73 Å². The number of halogens is 2. The molecule has 1 heterocycles. The lowest BCUT2D eigenvalue weighted by molar-refractivity contribution is -0.121. The number of nitrogens with one attached hydrogen (secondary N) is 1. The molecule has 0 spiro atoms. The number of carbonyl (C=O) groups is 1. The quantitative estimate of drug-likeness (QED) is 0.801. The second-order valence-corrected chi connectivity index (χ2v) is 5.53. The molecule has 1 aliphatic rings. The summed E-state index contributed by atoms with van der Waals surface area (Å²) < 4.78 is 0. The van der Waals surface area contributed by atoms with Crippen LogP contribution in [0.4, 0.5) is 5.69 Å². The number of amides is 1. The van der Waals surface area contributed by atoms with Gasteiger partial charge < -0.3 is 11.1 Å². The molecular formula is C16H25Cl2N3O. The highest BCUT2D eigenvalue weighted by Gasteiger charge is 2.28. The van der Waals surface area contributed by atoms with Crippen LogP contribution < -0.4 is 11.1 Å². The summed E-state index contributed by atoms with van der Waals surface area (Å²) in [5.41, 5.74) is 6.94. The monoisotopic (exact) mass is 345 g/mol. The minimum absolute atomic E-state index is 0. The Bertz CT molecular complexity index is 448. The van der Waals surface area contributed by atoms with E-state index >= 15 is 0 Å². The minimum atomic E-state index is 0. The van der Waals surface area contributed by atoms with E-state index in [1.807, 2.05) is 18.2 Å². The molecular weight excluding hydrogens is 321 g/mol. The number of rotatable bonds is 5. The van der Waals surface area contributed by atoms with E-state index in [0.29, 0.717) is 5.92 Å². The van der Waals surface area contributed by atoms with Crippen molar-refractivity contribution in [3.63, 3.8) is 0 Å². The number of hydrogen-bond donors (Lipinski definition) is 2. The highest BCUT2D eigenvalue weighted by atomic mass is 35.5. The van der Waals surface area contributed by atoms with Crippen molar-refractivity contribution in [2.24, 2.45) is 17.6 Å². The van der Waals surface area contributed by atoms with E-state index < -0.39 is 0 Å². The van der Waals surface area contributed by atoms with Crippen LogP contribution in [0.5, 0.6) is 0 Å². The van der Waals surface area contributed by atoms with Crippen LogP contribution in [0.15, 0.2) is 37.2 Å². The summed E-state index contributed by atoms with van der Waals surface area (Å²) in [6, 6.07) is 3.81. The highest BCUT2D eigenvalue weighted by Crippen LogP contribution is 2.31. The molecule has 1 aromatic heterocycles. The molecule has 3 N–H and O–H groups in total. The van der Waals surface area contributed by atoms with Crippen LogP contribution in [0, 0.1) is 11.8 Å². The van der Waals surface area contributed by atoms with E-state index in [1.165, 1.54) is 0 Å². The maximum Gasteiger partial charge on any atom is 0.227 e. The summed E-state index contributed by atoms with van der Waals surface area (Å²) in [7, 11) is 0. The summed E-state index contributed by atoms with van der Waals surface area (Å²) in [5, 5.41) is 2.95. The fourth-order valence-corrected chi connectivity index (χ4v) is 2.87. The molecule has 124 valence electrons. The Labute approximate surface area is 144 Å². The van der Waals surface area contributed by atoms with E-state index in [2.05, 4.69) is 16.9 Å². The topological polar surface area (TPSA) is 68.0 Å². The molecule has 1 saturated carbocycles. The first kappa shape index (κ1) is 20.9. The highest BCUT2D eigenvalue weighted by molar-refractivity contribution is 5.92. The molecule has 4 nitrogen and oxygen atoms in total. The van der Waals surface area contributed by atoms with Gasteiger partial charge in [0.25, 0.3) is 0 Å². The number of hydrogen-bond acceptors (Lipinski definition) is 3. The summed E-state index contributed by atoms with van der Waals surface area (Å²) in [6.45, 7) is 3.74. The van der Waals surface area contributed by atoms with Gasteiger partial charge in [-0.15, -0.1) is 31.4 Å². The van der Waals surface area contributed by atoms with E-state index in [9.17, 15) is 4.79 Å². The van der Waals surface area contributed by atoms with Crippen molar-refractivity contribution in [3.8, 4) is 0 Å². The maximum atomic E-state index is 12.2. The average molecular weight is 346 g/mol. The van der Waals surface area contributed by atoms with Gasteiger partial charge in [-0.25, -0.2) is 0 Å². The normalized spacial score (nSPS) is 21.7. The van der Waals surface area contributed by atoms with E-state index in [-0.39, 0.29) is 42.7 Å². The van der Waals surface area contributed by atoms with Gasteiger partial charge in [0.2, 0.25) is 5.91 Å². The third-order valence-corrected chi connectivity index (χ3v) is 4.13. The van der Waals surface area contributed by atoms with Crippen LogP contribution in [-0.2, 0) is 4.79 Å². The minimum Gasteiger partial charge on any atom is -0.327 e. The van der Waals surface area contributed by atoms with Crippen LogP contribution in [0.1, 0.15) is 32.1 Å². The number of pyridine rings is 1. The zero-order chi connectivity index (χ0) is 14.4. The van der Waals surface area contributed by atoms with Crippen molar-refractivity contribution in [1.29, 1.82) is 0 Å². The van der Waals surface area contributed by atoms with Gasteiger partial charge in [0, 0.05) is 30.0 Å². The number of carbonyl (C=O) groups excluding carboxylic acids is 1. The molecule has 1 aliphatic carbocycles. The lowest BCUT2D eigenvalue weighted by atomic mass is 9.77. The number of nitrogens with zero attached hydrogens (tertiary/aromatic N) is 1. The van der Waals surface area contributed by atoms with Crippen molar-refractivity contribution in [2.75, 3.05) is 5.32 Å². The van der Waals surface area contributed by atoms with Crippen molar-refractivity contribution in [3.05, 3.63) is 37.2 Å². The third kappa shape index (κ3) is 5.95. The smallest absolute Gasteiger partial charge is 0.227 e. The van der Waals surface area contributed by atoms with Gasteiger partial charge in [0.15, 0.2) is 0 Å². The SMILES string of the molecule is C=CC[C@H](N)C1CCC(C(=O)Nc2ccncc2)CC1.Cl.Cl. The van der Waals surface area contributed by atoms with Gasteiger partial charge in [0.1, 0.15) is 0 Å². The lowest BCUT2D eigenvalue weighted by Crippen LogP contribution is -2.35. The molecule has 0 bridgehead atoms. The summed E-state index contributed by atoms with van der Waals surface area (Å²) in [5.74, 6) is 0.750. The van der Waals surface area contributed by atoms with Gasteiger partial charge in [-0.05, 0) is 50.2 Å². The Balaban J connectivity index is 0.00000220. The van der Waals surface area contributed by atoms with Crippen molar-refractivity contribution >= 4 is 36.4 Å². The molecule has 1 fully saturated rings. The number of aromatic nitrogens is 1. The van der Waals surface area contributed by atoms with E-state index in [1.54, 1.807) is 12.4 Å².